The molecule has 0 saturated carbocycles. The Morgan fingerprint density at radius 2 is 2.29 bits per heavy atom. The molecule has 0 bridgehead atoms. The number of carbonyl (C=O) groups is 1. The molecule has 1 amide bonds. The third kappa shape index (κ3) is 4.63. The Morgan fingerprint density at radius 3 is 2.82 bits per heavy atom. The van der Waals surface area contributed by atoms with Gasteiger partial charge in [0.05, 0.1) is 11.5 Å². The van der Waals surface area contributed by atoms with E-state index in [4.69, 9.17) is 0 Å². The summed E-state index contributed by atoms with van der Waals surface area (Å²) >= 11 is 2.91. The Bertz CT molecular complexity index is 405. The van der Waals surface area contributed by atoms with Crippen molar-refractivity contribution in [3.05, 3.63) is 6.20 Å². The van der Waals surface area contributed by atoms with Crippen LogP contribution in [0.3, 0.4) is 0 Å². The second-order valence-electron chi connectivity index (χ2n) is 3.11. The van der Waals surface area contributed by atoms with Gasteiger partial charge in [0, 0.05) is 7.05 Å². The van der Waals surface area contributed by atoms with Gasteiger partial charge in [0.2, 0.25) is 5.91 Å². The first-order valence-electron chi connectivity index (χ1n) is 4.41. The molecule has 1 rings (SSSR count). The van der Waals surface area contributed by atoms with Gasteiger partial charge in [0.1, 0.15) is 5.69 Å². The monoisotopic (exact) mass is 315 g/mol. The van der Waals surface area contributed by atoms with Crippen LogP contribution in [0.2, 0.25) is 0 Å². The zero-order chi connectivity index (χ0) is 13.1. The smallest absolute Gasteiger partial charge is 0.422 e. The summed E-state index contributed by atoms with van der Waals surface area (Å²) in [6, 6.07) is 0. The van der Waals surface area contributed by atoms with E-state index in [1.165, 1.54) is 17.9 Å². The largest absolute Gasteiger partial charge is 0.465 e. The minimum Gasteiger partial charge on any atom is -0.465 e. The molecule has 17 heavy (non-hydrogen) atoms. The number of hydrogen-bond acceptors (Lipinski definition) is 3. The van der Waals surface area contributed by atoms with Crippen LogP contribution in [0.1, 0.15) is 0 Å². The summed E-state index contributed by atoms with van der Waals surface area (Å²) < 4.78 is 41.6. The van der Waals surface area contributed by atoms with E-state index in [-0.39, 0.29) is 16.9 Å². The molecule has 0 saturated heterocycles. The van der Waals surface area contributed by atoms with Gasteiger partial charge < -0.3 is 10.1 Å². The SMILES string of the molecule is Cn1cc(NC(=O)CBr)c(OCC(F)(F)F)n1. The second kappa shape index (κ2) is 5.39. The maximum Gasteiger partial charge on any atom is 0.422 e. The molecule has 0 aliphatic rings. The van der Waals surface area contributed by atoms with Crippen molar-refractivity contribution in [2.75, 3.05) is 17.3 Å². The van der Waals surface area contributed by atoms with Gasteiger partial charge in [0.15, 0.2) is 6.61 Å². The number of ether oxygens (including phenoxy) is 1. The molecule has 1 heterocycles. The van der Waals surface area contributed by atoms with Crippen LogP contribution in [-0.2, 0) is 11.8 Å². The fraction of sp³-hybridized carbons (Fsp3) is 0.500. The molecule has 0 spiro atoms. The number of carbonyl (C=O) groups excluding carboxylic acids is 1. The number of amides is 1. The number of halogens is 4. The topological polar surface area (TPSA) is 56.2 Å². The predicted octanol–water partition coefficient (Wildman–Crippen LogP) is 1.69. The summed E-state index contributed by atoms with van der Waals surface area (Å²) in [5, 5.41) is 6.05. The maximum atomic E-state index is 12.0. The number of nitrogens with zero attached hydrogens (tertiary/aromatic N) is 2. The molecule has 0 unspecified atom stereocenters. The molecule has 0 aromatic carbocycles. The number of anilines is 1. The molecule has 0 atom stereocenters. The van der Waals surface area contributed by atoms with Crippen molar-refractivity contribution in [3.8, 4) is 5.88 Å². The van der Waals surface area contributed by atoms with Crippen molar-refractivity contribution >= 4 is 27.5 Å². The van der Waals surface area contributed by atoms with Crippen LogP contribution in [0.15, 0.2) is 6.20 Å². The van der Waals surface area contributed by atoms with Gasteiger partial charge in [-0.25, -0.2) is 0 Å². The highest BCUT2D eigenvalue weighted by Crippen LogP contribution is 2.24. The summed E-state index contributed by atoms with van der Waals surface area (Å²) in [7, 11) is 1.50. The third-order valence-corrected chi connectivity index (χ3v) is 2.07. The Hall–Kier alpha value is -1.25. The molecule has 1 N–H and O–H groups in total. The highest BCUT2D eigenvalue weighted by molar-refractivity contribution is 9.09. The lowest BCUT2D eigenvalue weighted by molar-refractivity contribution is -0.154. The van der Waals surface area contributed by atoms with E-state index in [1.807, 2.05) is 0 Å². The fourth-order valence-electron chi connectivity index (χ4n) is 0.994. The van der Waals surface area contributed by atoms with E-state index in [0.717, 1.165) is 0 Å². The summed E-state index contributed by atoms with van der Waals surface area (Å²) in [5.41, 5.74) is 0.0983. The number of aryl methyl sites for hydroxylation is 1. The minimum atomic E-state index is -4.45. The highest BCUT2D eigenvalue weighted by Gasteiger charge is 2.29. The first-order valence-corrected chi connectivity index (χ1v) is 5.53. The molecule has 0 radical (unpaired) electrons. The van der Waals surface area contributed by atoms with Crippen LogP contribution >= 0.6 is 15.9 Å². The maximum absolute atomic E-state index is 12.0. The molecular formula is C8H9BrF3N3O2. The van der Waals surface area contributed by atoms with Crippen molar-refractivity contribution < 1.29 is 22.7 Å². The number of nitrogens with one attached hydrogen (secondary N) is 1. The molecular weight excluding hydrogens is 307 g/mol. The molecule has 9 heteroatoms. The molecule has 1 aromatic rings. The van der Waals surface area contributed by atoms with Crippen LogP contribution in [0, 0.1) is 0 Å². The highest BCUT2D eigenvalue weighted by atomic mass is 79.9. The van der Waals surface area contributed by atoms with Gasteiger partial charge in [0.25, 0.3) is 5.88 Å². The number of aromatic nitrogens is 2. The van der Waals surface area contributed by atoms with Crippen LogP contribution in [0.5, 0.6) is 5.88 Å². The van der Waals surface area contributed by atoms with Gasteiger partial charge in [-0.2, -0.15) is 13.2 Å². The lowest BCUT2D eigenvalue weighted by atomic mass is 10.5. The number of hydrogen-bond donors (Lipinski definition) is 1. The second-order valence-corrected chi connectivity index (χ2v) is 3.67. The van der Waals surface area contributed by atoms with Crippen LogP contribution in [0.25, 0.3) is 0 Å². The van der Waals surface area contributed by atoms with E-state index in [2.05, 4.69) is 31.1 Å². The van der Waals surface area contributed by atoms with Crippen LogP contribution in [0.4, 0.5) is 18.9 Å². The first-order chi connectivity index (χ1) is 7.81. The van der Waals surface area contributed by atoms with Crippen LogP contribution < -0.4 is 10.1 Å². The Balaban J connectivity index is 2.74. The average molecular weight is 316 g/mol. The minimum absolute atomic E-state index is 0.0284. The summed E-state index contributed by atoms with van der Waals surface area (Å²) in [4.78, 5) is 11.1. The Morgan fingerprint density at radius 1 is 1.65 bits per heavy atom. The van der Waals surface area contributed by atoms with Gasteiger partial charge >= 0.3 is 6.18 Å². The van der Waals surface area contributed by atoms with Crippen molar-refractivity contribution in [2.45, 2.75) is 6.18 Å². The zero-order valence-electron chi connectivity index (χ0n) is 8.71. The van der Waals surface area contributed by atoms with E-state index in [9.17, 15) is 18.0 Å². The van der Waals surface area contributed by atoms with Crippen molar-refractivity contribution in [3.63, 3.8) is 0 Å². The van der Waals surface area contributed by atoms with E-state index in [1.54, 1.807) is 0 Å². The summed E-state index contributed by atoms with van der Waals surface area (Å²) in [6.07, 6.45) is -3.10. The molecule has 96 valence electrons. The average Bonchev–Trinajstić information content (AvgIpc) is 2.54. The number of alkyl halides is 4. The van der Waals surface area contributed by atoms with Gasteiger partial charge in [-0.1, -0.05) is 15.9 Å². The number of rotatable bonds is 4. The Labute approximate surface area is 103 Å². The van der Waals surface area contributed by atoms with Crippen molar-refractivity contribution in [1.29, 1.82) is 0 Å². The summed E-state index contributed by atoms with van der Waals surface area (Å²) in [5.74, 6) is -0.672. The molecule has 5 nitrogen and oxygen atoms in total. The molecule has 0 aliphatic heterocycles. The fourth-order valence-corrected chi connectivity index (χ4v) is 1.13. The molecule has 1 aromatic heterocycles. The predicted molar refractivity (Wildman–Crippen MR) is 57.2 cm³/mol. The van der Waals surface area contributed by atoms with Gasteiger partial charge in [-0.3, -0.25) is 9.48 Å². The molecule has 0 aliphatic carbocycles. The van der Waals surface area contributed by atoms with E-state index >= 15 is 0 Å². The lowest BCUT2D eigenvalue weighted by Crippen LogP contribution is -2.20. The zero-order valence-corrected chi connectivity index (χ0v) is 10.3. The first kappa shape index (κ1) is 13.8. The lowest BCUT2D eigenvalue weighted by Gasteiger charge is -2.08. The standard InChI is InChI=1S/C8H9BrF3N3O2/c1-15-3-5(13-6(16)2-9)7(14-15)17-4-8(10,11)12/h3H,2,4H2,1H3,(H,13,16). The van der Waals surface area contributed by atoms with Gasteiger partial charge in [-0.05, 0) is 0 Å². The van der Waals surface area contributed by atoms with Crippen molar-refractivity contribution in [2.24, 2.45) is 7.05 Å². The third-order valence-electron chi connectivity index (χ3n) is 1.56. The normalized spacial score (nSPS) is 11.4. The van der Waals surface area contributed by atoms with Crippen molar-refractivity contribution in [1.82, 2.24) is 9.78 Å². The summed E-state index contributed by atoms with van der Waals surface area (Å²) in [6.45, 7) is -1.46. The molecule has 0 fully saturated rings. The quantitative estimate of drug-likeness (QED) is 0.860. The van der Waals surface area contributed by atoms with E-state index in [0.29, 0.717) is 0 Å². The van der Waals surface area contributed by atoms with Crippen LogP contribution in [-0.4, -0.2) is 33.8 Å². The van der Waals surface area contributed by atoms with E-state index < -0.39 is 18.7 Å². The Kier molecular flexibility index (Phi) is 4.38. The van der Waals surface area contributed by atoms with Gasteiger partial charge in [-0.15, -0.1) is 5.10 Å².